The molecule has 2 amide bonds. The summed E-state index contributed by atoms with van der Waals surface area (Å²) in [7, 11) is 3.60. The average molecular weight is 281 g/mol. The summed E-state index contributed by atoms with van der Waals surface area (Å²) in [6.07, 6.45) is 3.44. The van der Waals surface area contributed by atoms with Crippen LogP contribution >= 0.6 is 0 Å². The molecule has 0 radical (unpaired) electrons. The van der Waals surface area contributed by atoms with Gasteiger partial charge in [-0.25, -0.2) is 0 Å². The average Bonchev–Trinajstić information content (AvgIpc) is 2.46. The number of nitrogens with one attached hydrogen (secondary N) is 1. The molecule has 2 saturated heterocycles. The van der Waals surface area contributed by atoms with Crippen LogP contribution in [-0.2, 0) is 9.59 Å². The largest absolute Gasteiger partial charge is 0.349 e. The number of likely N-dealkylation sites (tertiary alicyclic amines) is 1. The number of hydrogen-bond donors (Lipinski definition) is 1. The van der Waals surface area contributed by atoms with Gasteiger partial charge in [0.2, 0.25) is 11.8 Å². The van der Waals surface area contributed by atoms with Crippen LogP contribution in [0.25, 0.3) is 0 Å². The molecule has 5 nitrogen and oxygen atoms in total. The van der Waals surface area contributed by atoms with Crippen LogP contribution in [0, 0.1) is 11.3 Å². The van der Waals surface area contributed by atoms with E-state index in [-0.39, 0.29) is 23.1 Å². The molecule has 2 aliphatic heterocycles. The normalized spacial score (nSPS) is 23.4. The first kappa shape index (κ1) is 15.3. The van der Waals surface area contributed by atoms with Gasteiger partial charge in [0.15, 0.2) is 0 Å². The fraction of sp³-hybridized carbons (Fsp3) is 0.867. The zero-order valence-electron chi connectivity index (χ0n) is 12.9. The molecular weight excluding hydrogens is 254 g/mol. The SMILES string of the molecule is CN(C)C(=O)C1CCN(C(=O)C2(C)CCNCC2)CC1. The zero-order chi connectivity index (χ0) is 14.8. The Hall–Kier alpha value is -1.10. The monoisotopic (exact) mass is 281 g/mol. The molecule has 0 unspecified atom stereocenters. The van der Waals surface area contributed by atoms with E-state index in [4.69, 9.17) is 0 Å². The van der Waals surface area contributed by atoms with Crippen molar-refractivity contribution in [2.75, 3.05) is 40.3 Å². The summed E-state index contributed by atoms with van der Waals surface area (Å²) in [6.45, 7) is 5.40. The van der Waals surface area contributed by atoms with Crippen LogP contribution in [0.5, 0.6) is 0 Å². The predicted molar refractivity (Wildman–Crippen MR) is 78.2 cm³/mol. The Labute approximate surface area is 121 Å². The minimum atomic E-state index is -0.205. The number of carbonyl (C=O) groups is 2. The van der Waals surface area contributed by atoms with E-state index in [2.05, 4.69) is 12.2 Å². The Morgan fingerprint density at radius 3 is 2.20 bits per heavy atom. The number of hydrogen-bond acceptors (Lipinski definition) is 3. The fourth-order valence-corrected chi connectivity index (χ4v) is 3.27. The third kappa shape index (κ3) is 3.14. The summed E-state index contributed by atoms with van der Waals surface area (Å²) in [5.41, 5.74) is -0.205. The third-order valence-corrected chi connectivity index (χ3v) is 4.80. The minimum Gasteiger partial charge on any atom is -0.349 e. The summed E-state index contributed by atoms with van der Waals surface area (Å²) < 4.78 is 0. The maximum Gasteiger partial charge on any atom is 0.228 e. The van der Waals surface area contributed by atoms with Gasteiger partial charge in [-0.05, 0) is 38.8 Å². The molecule has 20 heavy (non-hydrogen) atoms. The highest BCUT2D eigenvalue weighted by Gasteiger charge is 2.39. The fourth-order valence-electron chi connectivity index (χ4n) is 3.27. The Balaban J connectivity index is 1.90. The van der Waals surface area contributed by atoms with Crippen molar-refractivity contribution in [1.82, 2.24) is 15.1 Å². The van der Waals surface area contributed by atoms with Gasteiger partial charge >= 0.3 is 0 Å². The van der Waals surface area contributed by atoms with Crippen LogP contribution in [0.2, 0.25) is 0 Å². The highest BCUT2D eigenvalue weighted by molar-refractivity contribution is 5.83. The van der Waals surface area contributed by atoms with Crippen molar-refractivity contribution in [3.63, 3.8) is 0 Å². The smallest absolute Gasteiger partial charge is 0.228 e. The molecule has 0 aromatic carbocycles. The van der Waals surface area contributed by atoms with Crippen molar-refractivity contribution in [1.29, 1.82) is 0 Å². The number of piperidine rings is 2. The Morgan fingerprint density at radius 2 is 1.70 bits per heavy atom. The van der Waals surface area contributed by atoms with Crippen LogP contribution in [0.4, 0.5) is 0 Å². The molecular formula is C15H27N3O2. The van der Waals surface area contributed by atoms with E-state index in [0.29, 0.717) is 0 Å². The molecule has 2 aliphatic rings. The molecule has 114 valence electrons. The molecule has 1 N–H and O–H groups in total. The van der Waals surface area contributed by atoms with Crippen LogP contribution in [-0.4, -0.2) is 61.9 Å². The van der Waals surface area contributed by atoms with Crippen molar-refractivity contribution >= 4 is 11.8 Å². The van der Waals surface area contributed by atoms with E-state index in [1.165, 1.54) is 0 Å². The highest BCUT2D eigenvalue weighted by atomic mass is 16.2. The second-order valence-corrected chi connectivity index (χ2v) is 6.61. The number of rotatable bonds is 2. The van der Waals surface area contributed by atoms with Crippen LogP contribution in [0.3, 0.4) is 0 Å². The quantitative estimate of drug-likeness (QED) is 0.811. The number of carbonyl (C=O) groups excluding carboxylic acids is 2. The minimum absolute atomic E-state index is 0.0925. The Bertz CT molecular complexity index is 367. The maximum atomic E-state index is 12.7. The van der Waals surface area contributed by atoms with Gasteiger partial charge in [0.25, 0.3) is 0 Å². The van der Waals surface area contributed by atoms with Gasteiger partial charge < -0.3 is 15.1 Å². The first-order chi connectivity index (χ1) is 9.44. The first-order valence-corrected chi connectivity index (χ1v) is 7.65. The van der Waals surface area contributed by atoms with E-state index < -0.39 is 0 Å². The van der Waals surface area contributed by atoms with E-state index in [0.717, 1.165) is 51.9 Å². The second-order valence-electron chi connectivity index (χ2n) is 6.61. The maximum absolute atomic E-state index is 12.7. The van der Waals surface area contributed by atoms with Gasteiger partial charge in [-0.15, -0.1) is 0 Å². The molecule has 2 rings (SSSR count). The van der Waals surface area contributed by atoms with Gasteiger partial charge in [0.05, 0.1) is 0 Å². The molecule has 5 heteroatoms. The molecule has 0 saturated carbocycles. The van der Waals surface area contributed by atoms with Crippen LogP contribution in [0.15, 0.2) is 0 Å². The molecule has 0 spiro atoms. The summed E-state index contributed by atoms with van der Waals surface area (Å²) in [5, 5.41) is 3.31. The van der Waals surface area contributed by atoms with Crippen molar-refractivity contribution < 1.29 is 9.59 Å². The molecule has 2 heterocycles. The molecule has 0 bridgehead atoms. The zero-order valence-corrected chi connectivity index (χ0v) is 12.9. The molecule has 2 fully saturated rings. The summed E-state index contributed by atoms with van der Waals surface area (Å²) in [5.74, 6) is 0.579. The van der Waals surface area contributed by atoms with E-state index in [1.54, 1.807) is 19.0 Å². The second kappa shape index (κ2) is 6.12. The lowest BCUT2D eigenvalue weighted by molar-refractivity contribution is -0.146. The lowest BCUT2D eigenvalue weighted by Crippen LogP contribution is -2.51. The first-order valence-electron chi connectivity index (χ1n) is 7.65. The lowest BCUT2D eigenvalue weighted by Gasteiger charge is -2.40. The van der Waals surface area contributed by atoms with Crippen LogP contribution in [0.1, 0.15) is 32.6 Å². The highest BCUT2D eigenvalue weighted by Crippen LogP contribution is 2.32. The summed E-state index contributed by atoms with van der Waals surface area (Å²) in [4.78, 5) is 28.3. The van der Waals surface area contributed by atoms with Crippen LogP contribution < -0.4 is 5.32 Å². The van der Waals surface area contributed by atoms with E-state index >= 15 is 0 Å². The van der Waals surface area contributed by atoms with Gasteiger partial charge in [0.1, 0.15) is 0 Å². The van der Waals surface area contributed by atoms with Crippen molar-refractivity contribution in [3.8, 4) is 0 Å². The Kier molecular flexibility index (Phi) is 4.68. The lowest BCUT2D eigenvalue weighted by atomic mass is 9.79. The molecule has 0 atom stereocenters. The Morgan fingerprint density at radius 1 is 1.15 bits per heavy atom. The standard InChI is InChI=1S/C15H27N3O2/c1-15(6-8-16-9-7-15)14(20)18-10-4-12(5-11-18)13(19)17(2)3/h12,16H,4-11H2,1-3H3. The summed E-state index contributed by atoms with van der Waals surface area (Å²) >= 11 is 0. The molecule has 0 aliphatic carbocycles. The van der Waals surface area contributed by atoms with Crippen molar-refractivity contribution in [3.05, 3.63) is 0 Å². The summed E-state index contributed by atoms with van der Waals surface area (Å²) in [6, 6.07) is 0. The van der Waals surface area contributed by atoms with Gasteiger partial charge in [-0.2, -0.15) is 0 Å². The van der Waals surface area contributed by atoms with Gasteiger partial charge in [-0.3, -0.25) is 9.59 Å². The van der Waals surface area contributed by atoms with E-state index in [9.17, 15) is 9.59 Å². The third-order valence-electron chi connectivity index (χ3n) is 4.80. The predicted octanol–water partition coefficient (Wildman–Crippen LogP) is 0.703. The van der Waals surface area contributed by atoms with Crippen molar-refractivity contribution in [2.24, 2.45) is 11.3 Å². The molecule has 0 aromatic rings. The van der Waals surface area contributed by atoms with E-state index in [1.807, 2.05) is 4.90 Å². The number of nitrogens with zero attached hydrogens (tertiary/aromatic N) is 2. The topological polar surface area (TPSA) is 52.7 Å². The molecule has 0 aromatic heterocycles. The van der Waals surface area contributed by atoms with Gasteiger partial charge in [-0.1, -0.05) is 6.92 Å². The number of amides is 2. The van der Waals surface area contributed by atoms with Crippen molar-refractivity contribution in [2.45, 2.75) is 32.6 Å². The van der Waals surface area contributed by atoms with Gasteiger partial charge in [0, 0.05) is 38.5 Å².